The lowest BCUT2D eigenvalue weighted by atomic mass is 9.67. The molecule has 1 heterocycles. The molecule has 3 atom stereocenters. The maximum absolute atomic E-state index is 6.23. The van der Waals surface area contributed by atoms with Crippen LogP contribution in [0.15, 0.2) is 12.7 Å². The highest BCUT2D eigenvalue weighted by molar-refractivity contribution is 4.91. The van der Waals surface area contributed by atoms with Crippen LogP contribution in [0.25, 0.3) is 0 Å². The fourth-order valence-corrected chi connectivity index (χ4v) is 2.86. The number of rotatable bonds is 3. The Morgan fingerprint density at radius 2 is 2.18 bits per heavy atom. The summed E-state index contributed by atoms with van der Waals surface area (Å²) >= 11 is 0. The van der Waals surface area contributed by atoms with Crippen LogP contribution in [0.5, 0.6) is 0 Å². The van der Waals surface area contributed by atoms with Gasteiger partial charge in [0.25, 0.3) is 0 Å². The van der Waals surface area contributed by atoms with Crippen LogP contribution in [0.4, 0.5) is 0 Å². The molecule has 0 radical (unpaired) electrons. The first kappa shape index (κ1) is 12.6. The van der Waals surface area contributed by atoms with Crippen molar-refractivity contribution >= 4 is 0 Å². The Bertz CT molecular complexity index is 344. The summed E-state index contributed by atoms with van der Waals surface area (Å²) < 4.78 is 1.95. The highest BCUT2D eigenvalue weighted by Crippen LogP contribution is 2.43. The Morgan fingerprint density at radius 1 is 1.41 bits per heavy atom. The van der Waals surface area contributed by atoms with Crippen molar-refractivity contribution in [3.05, 3.63) is 12.7 Å². The first-order chi connectivity index (χ1) is 8.04. The molecule has 0 saturated heterocycles. The Hall–Kier alpha value is -0.900. The van der Waals surface area contributed by atoms with Gasteiger partial charge in [0.05, 0.1) is 6.04 Å². The molecule has 0 bridgehead atoms. The third-order valence-electron chi connectivity index (χ3n) is 4.66. The van der Waals surface area contributed by atoms with Crippen LogP contribution < -0.4 is 5.73 Å². The summed E-state index contributed by atoms with van der Waals surface area (Å²) in [5.74, 6) is 0.737. The Kier molecular flexibility index (Phi) is 3.52. The molecule has 2 N–H and O–H groups in total. The van der Waals surface area contributed by atoms with Crippen molar-refractivity contribution in [2.24, 2.45) is 17.1 Å². The monoisotopic (exact) mass is 236 g/mol. The van der Waals surface area contributed by atoms with Crippen molar-refractivity contribution in [2.45, 2.75) is 58.5 Å². The van der Waals surface area contributed by atoms with Gasteiger partial charge in [0.1, 0.15) is 12.7 Å². The fourth-order valence-electron chi connectivity index (χ4n) is 2.86. The van der Waals surface area contributed by atoms with Gasteiger partial charge in [-0.15, -0.1) is 0 Å². The third-order valence-corrected chi connectivity index (χ3v) is 4.66. The Morgan fingerprint density at radius 3 is 2.76 bits per heavy atom. The van der Waals surface area contributed by atoms with Crippen molar-refractivity contribution < 1.29 is 0 Å². The average molecular weight is 236 g/mol. The first-order valence-corrected chi connectivity index (χ1v) is 6.64. The number of nitrogens with zero attached hydrogens (tertiary/aromatic N) is 3. The zero-order chi connectivity index (χ0) is 12.5. The summed E-state index contributed by atoms with van der Waals surface area (Å²) in [4.78, 5) is 4.04. The molecule has 1 aromatic heterocycles. The van der Waals surface area contributed by atoms with Crippen molar-refractivity contribution in [3.8, 4) is 0 Å². The second-order valence-electron chi connectivity index (χ2n) is 5.96. The molecule has 0 spiro atoms. The van der Waals surface area contributed by atoms with E-state index in [2.05, 4.69) is 30.9 Å². The lowest BCUT2D eigenvalue weighted by Crippen LogP contribution is -2.41. The van der Waals surface area contributed by atoms with Crippen LogP contribution in [0, 0.1) is 11.3 Å². The molecule has 0 amide bonds. The average Bonchev–Trinajstić information content (AvgIpc) is 2.83. The molecule has 1 aromatic rings. The van der Waals surface area contributed by atoms with Gasteiger partial charge in [-0.2, -0.15) is 5.10 Å². The summed E-state index contributed by atoms with van der Waals surface area (Å²) in [5, 5.41) is 4.26. The SMILES string of the molecule is CCC(C)(C)C1CCC(N)C(n2cncn2)C1. The summed E-state index contributed by atoms with van der Waals surface area (Å²) in [7, 11) is 0. The molecule has 0 aliphatic heterocycles. The second-order valence-corrected chi connectivity index (χ2v) is 5.96. The van der Waals surface area contributed by atoms with Crippen LogP contribution >= 0.6 is 0 Å². The van der Waals surface area contributed by atoms with Gasteiger partial charge in [-0.1, -0.05) is 27.2 Å². The molecule has 17 heavy (non-hydrogen) atoms. The van der Waals surface area contributed by atoms with Gasteiger partial charge in [-0.3, -0.25) is 0 Å². The van der Waals surface area contributed by atoms with Gasteiger partial charge in [0.15, 0.2) is 0 Å². The van der Waals surface area contributed by atoms with E-state index < -0.39 is 0 Å². The lowest BCUT2D eigenvalue weighted by molar-refractivity contribution is 0.106. The normalized spacial score (nSPS) is 30.5. The second kappa shape index (κ2) is 4.77. The molecule has 1 fully saturated rings. The number of nitrogens with two attached hydrogens (primary N) is 1. The van der Waals surface area contributed by atoms with Crippen LogP contribution in [0.2, 0.25) is 0 Å². The van der Waals surface area contributed by atoms with Crippen molar-refractivity contribution in [3.63, 3.8) is 0 Å². The summed E-state index contributed by atoms with van der Waals surface area (Å²) in [6.45, 7) is 7.01. The van der Waals surface area contributed by atoms with Crippen LogP contribution in [-0.4, -0.2) is 20.8 Å². The highest BCUT2D eigenvalue weighted by atomic mass is 15.3. The number of hydrogen-bond donors (Lipinski definition) is 1. The van der Waals surface area contributed by atoms with Gasteiger partial charge < -0.3 is 5.73 Å². The van der Waals surface area contributed by atoms with Crippen LogP contribution in [-0.2, 0) is 0 Å². The van der Waals surface area contributed by atoms with E-state index in [9.17, 15) is 0 Å². The molecular weight excluding hydrogens is 212 g/mol. The van der Waals surface area contributed by atoms with Crippen LogP contribution in [0.1, 0.15) is 52.5 Å². The number of aromatic nitrogens is 3. The van der Waals surface area contributed by atoms with E-state index in [4.69, 9.17) is 5.73 Å². The maximum atomic E-state index is 6.23. The standard InChI is InChI=1S/C13H24N4/c1-4-13(2,3)10-5-6-11(14)12(7-10)17-9-15-8-16-17/h8-12H,4-7,14H2,1-3H3. The largest absolute Gasteiger partial charge is 0.326 e. The molecular formula is C13H24N4. The van der Waals surface area contributed by atoms with Crippen molar-refractivity contribution in [2.75, 3.05) is 0 Å². The maximum Gasteiger partial charge on any atom is 0.137 e. The van der Waals surface area contributed by atoms with Crippen LogP contribution in [0.3, 0.4) is 0 Å². The smallest absolute Gasteiger partial charge is 0.137 e. The predicted octanol–water partition coefficient (Wildman–Crippen LogP) is 2.38. The summed E-state index contributed by atoms with van der Waals surface area (Å²) in [6, 6.07) is 0.544. The van der Waals surface area contributed by atoms with E-state index in [1.807, 2.05) is 4.68 Å². The quantitative estimate of drug-likeness (QED) is 0.876. The molecule has 1 aliphatic carbocycles. The molecule has 1 aliphatic rings. The molecule has 1 saturated carbocycles. The fraction of sp³-hybridized carbons (Fsp3) is 0.846. The van der Waals surface area contributed by atoms with E-state index >= 15 is 0 Å². The van der Waals surface area contributed by atoms with E-state index in [-0.39, 0.29) is 6.04 Å². The van der Waals surface area contributed by atoms with E-state index in [0.717, 1.165) is 18.8 Å². The van der Waals surface area contributed by atoms with E-state index in [0.29, 0.717) is 11.5 Å². The van der Waals surface area contributed by atoms with Crippen molar-refractivity contribution in [1.82, 2.24) is 14.8 Å². The molecule has 2 rings (SSSR count). The van der Waals surface area contributed by atoms with Gasteiger partial charge in [-0.05, 0) is 30.6 Å². The summed E-state index contributed by atoms with van der Waals surface area (Å²) in [5.41, 5.74) is 6.63. The minimum absolute atomic E-state index is 0.223. The van der Waals surface area contributed by atoms with Gasteiger partial charge in [0.2, 0.25) is 0 Å². The Balaban J connectivity index is 2.12. The van der Waals surface area contributed by atoms with Crippen molar-refractivity contribution in [1.29, 1.82) is 0 Å². The zero-order valence-corrected chi connectivity index (χ0v) is 11.1. The predicted molar refractivity (Wildman–Crippen MR) is 68.4 cm³/mol. The molecule has 4 nitrogen and oxygen atoms in total. The topological polar surface area (TPSA) is 56.7 Å². The van der Waals surface area contributed by atoms with Gasteiger partial charge in [-0.25, -0.2) is 9.67 Å². The molecule has 3 unspecified atom stereocenters. The minimum Gasteiger partial charge on any atom is -0.326 e. The Labute approximate surface area is 104 Å². The zero-order valence-electron chi connectivity index (χ0n) is 11.1. The first-order valence-electron chi connectivity index (χ1n) is 6.64. The molecule has 96 valence electrons. The minimum atomic E-state index is 0.223. The molecule has 0 aromatic carbocycles. The third kappa shape index (κ3) is 2.51. The highest BCUT2D eigenvalue weighted by Gasteiger charge is 2.36. The van der Waals surface area contributed by atoms with Gasteiger partial charge in [0, 0.05) is 6.04 Å². The van der Waals surface area contributed by atoms with E-state index in [1.165, 1.54) is 12.8 Å². The molecule has 4 heteroatoms. The van der Waals surface area contributed by atoms with Gasteiger partial charge >= 0.3 is 0 Å². The summed E-state index contributed by atoms with van der Waals surface area (Å²) in [6.07, 6.45) is 8.08. The number of hydrogen-bond acceptors (Lipinski definition) is 3. The van der Waals surface area contributed by atoms with E-state index in [1.54, 1.807) is 12.7 Å². The lowest BCUT2D eigenvalue weighted by Gasteiger charge is -2.41.